The quantitative estimate of drug-likeness (QED) is 0.744. The van der Waals surface area contributed by atoms with Crippen molar-refractivity contribution in [3.63, 3.8) is 0 Å². The third-order valence-electron chi connectivity index (χ3n) is 2.94. The monoisotopic (exact) mass is 333 g/mol. The van der Waals surface area contributed by atoms with Crippen molar-refractivity contribution >= 4 is 32.8 Å². The van der Waals surface area contributed by atoms with E-state index in [9.17, 15) is 9.18 Å². The summed E-state index contributed by atoms with van der Waals surface area (Å²) in [5.74, 6) is -0.312. The average Bonchev–Trinajstić information content (AvgIpc) is 2.42. The summed E-state index contributed by atoms with van der Waals surface area (Å²) in [7, 11) is 0. The van der Waals surface area contributed by atoms with E-state index in [-0.39, 0.29) is 17.3 Å². The summed E-state index contributed by atoms with van der Waals surface area (Å²) in [6.45, 7) is 0. The zero-order valence-corrected chi connectivity index (χ0v) is 11.8. The molecule has 4 nitrogen and oxygen atoms in total. The molecule has 0 spiro atoms. The Morgan fingerprint density at radius 3 is 2.55 bits per heavy atom. The Labute approximate surface area is 121 Å². The molecule has 0 atom stereocenters. The highest BCUT2D eigenvalue weighted by molar-refractivity contribution is 9.10. The van der Waals surface area contributed by atoms with Gasteiger partial charge in [0.2, 0.25) is 5.95 Å². The standard InChI is InChI=1S/C14H9BrFN3O/c15-8-1-6-12-11(7-8)13(20)19(14(17)18-12)10-4-2-9(16)3-5-10/h1-7H,(H2,17,18). The number of nitrogens with zero attached hydrogens (tertiary/aromatic N) is 2. The molecule has 0 aliphatic rings. The number of aromatic nitrogens is 2. The summed E-state index contributed by atoms with van der Waals surface area (Å²) in [4.78, 5) is 16.7. The van der Waals surface area contributed by atoms with E-state index >= 15 is 0 Å². The minimum Gasteiger partial charge on any atom is -0.369 e. The van der Waals surface area contributed by atoms with Gasteiger partial charge < -0.3 is 5.73 Å². The molecule has 3 rings (SSSR count). The van der Waals surface area contributed by atoms with Gasteiger partial charge in [0, 0.05) is 4.47 Å². The number of hydrogen-bond acceptors (Lipinski definition) is 3. The highest BCUT2D eigenvalue weighted by Gasteiger charge is 2.10. The van der Waals surface area contributed by atoms with Crippen LogP contribution in [-0.4, -0.2) is 9.55 Å². The lowest BCUT2D eigenvalue weighted by Crippen LogP contribution is -2.23. The van der Waals surface area contributed by atoms with Gasteiger partial charge in [-0.2, -0.15) is 0 Å². The molecule has 20 heavy (non-hydrogen) atoms. The van der Waals surface area contributed by atoms with Gasteiger partial charge in [-0.3, -0.25) is 4.79 Å². The van der Waals surface area contributed by atoms with E-state index in [1.165, 1.54) is 28.8 Å². The van der Waals surface area contributed by atoms with Crippen LogP contribution < -0.4 is 11.3 Å². The maximum Gasteiger partial charge on any atom is 0.267 e. The lowest BCUT2D eigenvalue weighted by atomic mass is 10.2. The molecule has 0 fully saturated rings. The summed E-state index contributed by atoms with van der Waals surface area (Å²) in [5.41, 5.74) is 6.55. The van der Waals surface area contributed by atoms with Crippen molar-refractivity contribution in [1.29, 1.82) is 0 Å². The zero-order chi connectivity index (χ0) is 14.3. The molecule has 1 heterocycles. The molecule has 6 heteroatoms. The number of nitrogens with two attached hydrogens (primary N) is 1. The number of rotatable bonds is 1. The van der Waals surface area contributed by atoms with Crippen molar-refractivity contribution in [3.8, 4) is 5.69 Å². The molecular formula is C14H9BrFN3O. The first-order chi connectivity index (χ1) is 9.56. The number of anilines is 1. The predicted molar refractivity (Wildman–Crippen MR) is 79.4 cm³/mol. The lowest BCUT2D eigenvalue weighted by Gasteiger charge is -2.10. The molecule has 0 bridgehead atoms. The van der Waals surface area contributed by atoms with Gasteiger partial charge >= 0.3 is 0 Å². The van der Waals surface area contributed by atoms with Crippen molar-refractivity contribution < 1.29 is 4.39 Å². The smallest absolute Gasteiger partial charge is 0.267 e. The molecular weight excluding hydrogens is 325 g/mol. The Balaban J connectivity index is 2.36. The molecule has 0 aliphatic heterocycles. The maximum absolute atomic E-state index is 13.0. The summed E-state index contributed by atoms with van der Waals surface area (Å²) >= 11 is 3.32. The fraction of sp³-hybridized carbons (Fsp3) is 0. The van der Waals surface area contributed by atoms with Crippen LogP contribution in [0.2, 0.25) is 0 Å². The average molecular weight is 334 g/mol. The molecule has 0 saturated heterocycles. The summed E-state index contributed by atoms with van der Waals surface area (Å²) in [6.07, 6.45) is 0. The molecule has 0 amide bonds. The second kappa shape index (κ2) is 4.72. The van der Waals surface area contributed by atoms with Crippen molar-refractivity contribution in [2.75, 3.05) is 5.73 Å². The Bertz CT molecular complexity index is 859. The van der Waals surface area contributed by atoms with E-state index in [1.807, 2.05) is 0 Å². The first kappa shape index (κ1) is 12.8. The van der Waals surface area contributed by atoms with E-state index in [0.717, 1.165) is 4.47 Å². The highest BCUT2D eigenvalue weighted by Crippen LogP contribution is 2.18. The Hall–Kier alpha value is -2.21. The van der Waals surface area contributed by atoms with Crippen LogP contribution in [0.1, 0.15) is 0 Å². The number of nitrogen functional groups attached to an aromatic ring is 1. The zero-order valence-electron chi connectivity index (χ0n) is 10.2. The van der Waals surface area contributed by atoms with Crippen LogP contribution in [-0.2, 0) is 0 Å². The van der Waals surface area contributed by atoms with Crippen LogP contribution in [0.5, 0.6) is 0 Å². The van der Waals surface area contributed by atoms with Crippen LogP contribution in [0, 0.1) is 5.82 Å². The van der Waals surface area contributed by atoms with E-state index in [4.69, 9.17) is 5.73 Å². The maximum atomic E-state index is 13.0. The topological polar surface area (TPSA) is 60.9 Å². The van der Waals surface area contributed by atoms with E-state index in [0.29, 0.717) is 16.6 Å². The normalized spacial score (nSPS) is 10.9. The van der Waals surface area contributed by atoms with Gasteiger partial charge in [-0.15, -0.1) is 0 Å². The fourth-order valence-electron chi connectivity index (χ4n) is 2.01. The second-order valence-electron chi connectivity index (χ2n) is 4.25. The first-order valence-corrected chi connectivity index (χ1v) is 6.59. The SMILES string of the molecule is Nc1nc2ccc(Br)cc2c(=O)n1-c1ccc(F)cc1. The fourth-order valence-corrected chi connectivity index (χ4v) is 2.38. The number of halogens is 2. The Kier molecular flexibility index (Phi) is 3.02. The van der Waals surface area contributed by atoms with E-state index < -0.39 is 0 Å². The van der Waals surface area contributed by atoms with E-state index in [1.54, 1.807) is 18.2 Å². The molecule has 0 unspecified atom stereocenters. The van der Waals surface area contributed by atoms with Gasteiger partial charge in [-0.25, -0.2) is 13.9 Å². The number of fused-ring (bicyclic) bond motifs is 1. The summed E-state index contributed by atoms with van der Waals surface area (Å²) in [5, 5.41) is 0.443. The van der Waals surface area contributed by atoms with Gasteiger partial charge in [0.25, 0.3) is 5.56 Å². The summed E-state index contributed by atoms with van der Waals surface area (Å²) in [6, 6.07) is 10.7. The van der Waals surface area contributed by atoms with Crippen molar-refractivity contribution in [2.45, 2.75) is 0 Å². The Morgan fingerprint density at radius 2 is 1.85 bits per heavy atom. The highest BCUT2D eigenvalue weighted by atomic mass is 79.9. The van der Waals surface area contributed by atoms with Gasteiger partial charge in [-0.1, -0.05) is 15.9 Å². The van der Waals surface area contributed by atoms with Gasteiger partial charge in [0.15, 0.2) is 0 Å². The molecule has 2 N–H and O–H groups in total. The van der Waals surface area contributed by atoms with Crippen molar-refractivity contribution in [3.05, 3.63) is 63.1 Å². The minimum atomic E-state index is -0.378. The van der Waals surface area contributed by atoms with Gasteiger partial charge in [0.05, 0.1) is 16.6 Å². The van der Waals surface area contributed by atoms with Gasteiger partial charge in [0.1, 0.15) is 5.82 Å². The molecule has 0 radical (unpaired) electrons. The molecule has 2 aromatic carbocycles. The van der Waals surface area contributed by atoms with Crippen molar-refractivity contribution in [1.82, 2.24) is 9.55 Å². The minimum absolute atomic E-state index is 0.0661. The third kappa shape index (κ3) is 2.08. The van der Waals surface area contributed by atoms with Gasteiger partial charge in [-0.05, 0) is 42.5 Å². The lowest BCUT2D eigenvalue weighted by molar-refractivity contribution is 0.627. The number of hydrogen-bond donors (Lipinski definition) is 1. The van der Waals surface area contributed by atoms with Crippen LogP contribution in [0.25, 0.3) is 16.6 Å². The van der Waals surface area contributed by atoms with Crippen LogP contribution in [0.3, 0.4) is 0 Å². The molecule has 0 aliphatic carbocycles. The molecule has 3 aromatic rings. The van der Waals surface area contributed by atoms with Crippen LogP contribution in [0.4, 0.5) is 10.3 Å². The molecule has 100 valence electrons. The largest absolute Gasteiger partial charge is 0.369 e. The second-order valence-corrected chi connectivity index (χ2v) is 5.16. The van der Waals surface area contributed by atoms with Crippen molar-refractivity contribution in [2.24, 2.45) is 0 Å². The predicted octanol–water partition coefficient (Wildman–Crippen LogP) is 2.87. The third-order valence-corrected chi connectivity index (χ3v) is 3.43. The first-order valence-electron chi connectivity index (χ1n) is 5.80. The van der Waals surface area contributed by atoms with Crippen LogP contribution in [0.15, 0.2) is 51.7 Å². The van der Waals surface area contributed by atoms with E-state index in [2.05, 4.69) is 20.9 Å². The Morgan fingerprint density at radius 1 is 1.15 bits per heavy atom. The molecule has 1 aromatic heterocycles. The summed E-state index contributed by atoms with van der Waals surface area (Å²) < 4.78 is 15.0. The number of benzene rings is 2. The molecule has 0 saturated carbocycles. The van der Waals surface area contributed by atoms with Crippen LogP contribution >= 0.6 is 15.9 Å².